The lowest BCUT2D eigenvalue weighted by Crippen LogP contribution is -1.92. The van der Waals surface area contributed by atoms with Gasteiger partial charge in [-0.25, -0.2) is 0 Å². The van der Waals surface area contributed by atoms with Crippen LogP contribution in [0.4, 0.5) is 5.69 Å². The predicted molar refractivity (Wildman–Crippen MR) is 81.9 cm³/mol. The molecule has 0 radical (unpaired) electrons. The van der Waals surface area contributed by atoms with E-state index in [1.807, 2.05) is 43.6 Å². The molecular weight excluding hydrogens is 264 g/mol. The molecule has 0 unspecified atom stereocenters. The Hall–Kier alpha value is -2.69. The van der Waals surface area contributed by atoms with E-state index >= 15 is 0 Å². The Balaban J connectivity index is 2.04. The van der Waals surface area contributed by atoms with Crippen molar-refractivity contribution < 1.29 is 4.52 Å². The molecule has 0 aliphatic rings. The topological polar surface area (TPSA) is 63.8 Å². The van der Waals surface area contributed by atoms with E-state index in [1.54, 1.807) is 6.20 Å². The van der Waals surface area contributed by atoms with Crippen LogP contribution in [0.25, 0.3) is 22.8 Å². The maximum Gasteiger partial charge on any atom is 0.260 e. The SMILES string of the molecule is CCc1cnccc1-c1noc(-c2ccccc2NC)n1. The monoisotopic (exact) mass is 280 g/mol. The molecule has 0 saturated heterocycles. The average molecular weight is 280 g/mol. The van der Waals surface area contributed by atoms with Gasteiger partial charge in [-0.1, -0.05) is 24.2 Å². The van der Waals surface area contributed by atoms with Crippen molar-refractivity contribution in [2.75, 3.05) is 12.4 Å². The number of aryl methyl sites for hydroxylation is 1. The van der Waals surface area contributed by atoms with Gasteiger partial charge in [-0.3, -0.25) is 4.98 Å². The molecule has 106 valence electrons. The zero-order valence-electron chi connectivity index (χ0n) is 12.0. The number of para-hydroxylation sites is 1. The van der Waals surface area contributed by atoms with Crippen molar-refractivity contribution >= 4 is 5.69 Å². The molecule has 0 amide bonds. The van der Waals surface area contributed by atoms with E-state index in [-0.39, 0.29) is 0 Å². The summed E-state index contributed by atoms with van der Waals surface area (Å²) in [6, 6.07) is 9.76. The molecule has 5 heteroatoms. The average Bonchev–Trinajstić information content (AvgIpc) is 3.04. The smallest absolute Gasteiger partial charge is 0.260 e. The van der Waals surface area contributed by atoms with Gasteiger partial charge in [-0.05, 0) is 30.2 Å². The summed E-state index contributed by atoms with van der Waals surface area (Å²) < 4.78 is 5.43. The summed E-state index contributed by atoms with van der Waals surface area (Å²) in [4.78, 5) is 8.66. The maximum absolute atomic E-state index is 5.43. The van der Waals surface area contributed by atoms with Crippen molar-refractivity contribution in [1.29, 1.82) is 0 Å². The van der Waals surface area contributed by atoms with Crippen LogP contribution in [-0.2, 0) is 6.42 Å². The van der Waals surface area contributed by atoms with E-state index in [2.05, 4.69) is 27.4 Å². The molecule has 3 rings (SSSR count). The molecule has 0 aliphatic heterocycles. The lowest BCUT2D eigenvalue weighted by molar-refractivity contribution is 0.432. The first-order valence-corrected chi connectivity index (χ1v) is 6.87. The van der Waals surface area contributed by atoms with Gasteiger partial charge in [0, 0.05) is 30.7 Å². The van der Waals surface area contributed by atoms with Gasteiger partial charge >= 0.3 is 0 Å². The number of hydrogen-bond acceptors (Lipinski definition) is 5. The minimum absolute atomic E-state index is 0.508. The van der Waals surface area contributed by atoms with Gasteiger partial charge in [-0.2, -0.15) is 4.98 Å². The molecule has 0 saturated carbocycles. The van der Waals surface area contributed by atoms with Crippen molar-refractivity contribution in [3.63, 3.8) is 0 Å². The molecule has 2 heterocycles. The van der Waals surface area contributed by atoms with Crippen LogP contribution in [0.5, 0.6) is 0 Å². The highest BCUT2D eigenvalue weighted by atomic mass is 16.5. The number of pyridine rings is 1. The Labute approximate surface area is 123 Å². The van der Waals surface area contributed by atoms with E-state index < -0.39 is 0 Å². The first kappa shape index (κ1) is 13.3. The second kappa shape index (κ2) is 5.75. The largest absolute Gasteiger partial charge is 0.387 e. The van der Waals surface area contributed by atoms with E-state index in [0.29, 0.717) is 11.7 Å². The highest BCUT2D eigenvalue weighted by Crippen LogP contribution is 2.28. The number of nitrogens with one attached hydrogen (secondary N) is 1. The maximum atomic E-state index is 5.43. The van der Waals surface area contributed by atoms with Crippen molar-refractivity contribution in [3.8, 4) is 22.8 Å². The molecule has 21 heavy (non-hydrogen) atoms. The summed E-state index contributed by atoms with van der Waals surface area (Å²) in [7, 11) is 1.87. The summed E-state index contributed by atoms with van der Waals surface area (Å²) in [5.74, 6) is 1.10. The van der Waals surface area contributed by atoms with Crippen molar-refractivity contribution in [2.45, 2.75) is 13.3 Å². The Bertz CT molecular complexity index is 689. The third-order valence-electron chi connectivity index (χ3n) is 3.38. The van der Waals surface area contributed by atoms with Gasteiger partial charge in [0.1, 0.15) is 0 Å². The van der Waals surface area contributed by atoms with Gasteiger partial charge in [-0.15, -0.1) is 0 Å². The number of hydrogen-bond donors (Lipinski definition) is 1. The van der Waals surface area contributed by atoms with E-state index in [0.717, 1.165) is 28.8 Å². The van der Waals surface area contributed by atoms with Gasteiger partial charge in [0.05, 0.1) is 5.56 Å². The van der Waals surface area contributed by atoms with Crippen LogP contribution in [0.1, 0.15) is 12.5 Å². The van der Waals surface area contributed by atoms with E-state index in [4.69, 9.17) is 4.52 Å². The predicted octanol–water partition coefficient (Wildman–Crippen LogP) is 3.40. The van der Waals surface area contributed by atoms with Crippen LogP contribution in [0.15, 0.2) is 47.2 Å². The fraction of sp³-hybridized carbons (Fsp3) is 0.188. The second-order valence-corrected chi connectivity index (χ2v) is 4.61. The highest BCUT2D eigenvalue weighted by Gasteiger charge is 2.15. The van der Waals surface area contributed by atoms with Crippen molar-refractivity contribution in [3.05, 3.63) is 48.3 Å². The Morgan fingerprint density at radius 1 is 1.14 bits per heavy atom. The number of nitrogens with zero attached hydrogens (tertiary/aromatic N) is 3. The van der Waals surface area contributed by atoms with Crippen LogP contribution < -0.4 is 5.32 Å². The fourth-order valence-electron chi connectivity index (χ4n) is 2.26. The molecule has 1 N–H and O–H groups in total. The number of aromatic nitrogens is 3. The second-order valence-electron chi connectivity index (χ2n) is 4.61. The van der Waals surface area contributed by atoms with Crippen molar-refractivity contribution in [1.82, 2.24) is 15.1 Å². The molecule has 3 aromatic rings. The fourth-order valence-corrected chi connectivity index (χ4v) is 2.26. The third kappa shape index (κ3) is 2.50. The van der Waals surface area contributed by atoms with E-state index in [9.17, 15) is 0 Å². The third-order valence-corrected chi connectivity index (χ3v) is 3.38. The van der Waals surface area contributed by atoms with Gasteiger partial charge in [0.15, 0.2) is 0 Å². The first-order valence-electron chi connectivity index (χ1n) is 6.87. The molecular formula is C16H16N4O. The number of rotatable bonds is 4. The lowest BCUT2D eigenvalue weighted by atomic mass is 10.1. The molecule has 0 fully saturated rings. The highest BCUT2D eigenvalue weighted by molar-refractivity contribution is 5.73. The first-order chi connectivity index (χ1) is 10.3. The minimum Gasteiger partial charge on any atom is -0.387 e. The van der Waals surface area contributed by atoms with Crippen LogP contribution in [0.3, 0.4) is 0 Å². The Morgan fingerprint density at radius 3 is 2.81 bits per heavy atom. The lowest BCUT2D eigenvalue weighted by Gasteiger charge is -2.03. The molecule has 1 aromatic carbocycles. The summed E-state index contributed by atoms with van der Waals surface area (Å²) >= 11 is 0. The van der Waals surface area contributed by atoms with Crippen LogP contribution in [0, 0.1) is 0 Å². The van der Waals surface area contributed by atoms with E-state index in [1.165, 1.54) is 0 Å². The molecule has 2 aromatic heterocycles. The minimum atomic E-state index is 0.508. The van der Waals surface area contributed by atoms with Gasteiger partial charge < -0.3 is 9.84 Å². The zero-order chi connectivity index (χ0) is 14.7. The van der Waals surface area contributed by atoms with Crippen LogP contribution in [-0.4, -0.2) is 22.2 Å². The van der Waals surface area contributed by atoms with Crippen LogP contribution in [0.2, 0.25) is 0 Å². The van der Waals surface area contributed by atoms with Crippen LogP contribution >= 0.6 is 0 Å². The molecule has 0 atom stereocenters. The van der Waals surface area contributed by atoms with Crippen molar-refractivity contribution in [2.24, 2.45) is 0 Å². The molecule has 5 nitrogen and oxygen atoms in total. The van der Waals surface area contributed by atoms with Gasteiger partial charge in [0.2, 0.25) is 5.82 Å². The zero-order valence-corrected chi connectivity index (χ0v) is 12.0. The number of anilines is 1. The summed E-state index contributed by atoms with van der Waals surface area (Å²) in [5.41, 5.74) is 3.92. The Kier molecular flexibility index (Phi) is 3.64. The molecule has 0 bridgehead atoms. The molecule has 0 aliphatic carbocycles. The summed E-state index contributed by atoms with van der Waals surface area (Å²) in [5, 5.41) is 7.23. The standard InChI is InChI=1S/C16H16N4O/c1-3-11-10-18-9-8-12(11)15-19-16(21-20-15)13-6-4-5-7-14(13)17-2/h4-10,17H,3H2,1-2H3. The molecule has 0 spiro atoms. The normalized spacial score (nSPS) is 10.6. The summed E-state index contributed by atoms with van der Waals surface area (Å²) in [6.45, 7) is 2.08. The van der Waals surface area contributed by atoms with Gasteiger partial charge in [0.25, 0.3) is 5.89 Å². The summed E-state index contributed by atoms with van der Waals surface area (Å²) in [6.07, 6.45) is 4.46. The Morgan fingerprint density at radius 2 is 2.00 bits per heavy atom. The quantitative estimate of drug-likeness (QED) is 0.793. The number of benzene rings is 1.